The molecule has 0 radical (unpaired) electrons. The quantitative estimate of drug-likeness (QED) is 0.672. The van der Waals surface area contributed by atoms with Crippen molar-refractivity contribution in [2.24, 2.45) is 0 Å². The van der Waals surface area contributed by atoms with Crippen LogP contribution in [0.1, 0.15) is 12.0 Å². The standard InChI is InChI=1S/C11H17ClN2/c1-14(8-3-6-12)9-5-11-4-2-7-13-10-11/h2,4,7,10H,3,5-6,8-9H2,1H3. The van der Waals surface area contributed by atoms with Gasteiger partial charge in [-0.3, -0.25) is 4.98 Å². The summed E-state index contributed by atoms with van der Waals surface area (Å²) in [4.78, 5) is 6.39. The van der Waals surface area contributed by atoms with E-state index >= 15 is 0 Å². The molecule has 0 spiro atoms. The van der Waals surface area contributed by atoms with Gasteiger partial charge in [0, 0.05) is 24.8 Å². The Bertz CT molecular complexity index is 238. The van der Waals surface area contributed by atoms with Crippen LogP contribution in [-0.2, 0) is 6.42 Å². The van der Waals surface area contributed by atoms with E-state index in [1.54, 1.807) is 6.20 Å². The third kappa shape index (κ3) is 4.58. The zero-order chi connectivity index (χ0) is 10.2. The average Bonchev–Trinajstić information content (AvgIpc) is 2.25. The predicted octanol–water partition coefficient (Wildman–Crippen LogP) is 2.18. The SMILES string of the molecule is CN(CCCCl)CCc1cccnc1. The highest BCUT2D eigenvalue weighted by Gasteiger charge is 1.98. The van der Waals surface area contributed by atoms with Gasteiger partial charge in [0.1, 0.15) is 0 Å². The zero-order valence-electron chi connectivity index (χ0n) is 8.62. The van der Waals surface area contributed by atoms with E-state index in [1.165, 1.54) is 5.56 Å². The van der Waals surface area contributed by atoms with E-state index in [1.807, 2.05) is 12.3 Å². The van der Waals surface area contributed by atoms with Crippen molar-refractivity contribution < 1.29 is 0 Å². The molecule has 1 heterocycles. The molecule has 0 amide bonds. The highest BCUT2D eigenvalue weighted by atomic mass is 35.5. The molecule has 0 aliphatic heterocycles. The number of pyridine rings is 1. The van der Waals surface area contributed by atoms with Crippen molar-refractivity contribution in [1.29, 1.82) is 0 Å². The van der Waals surface area contributed by atoms with E-state index in [4.69, 9.17) is 11.6 Å². The van der Waals surface area contributed by atoms with Crippen LogP contribution in [0.15, 0.2) is 24.5 Å². The minimum Gasteiger partial charge on any atom is -0.306 e. The normalized spacial score (nSPS) is 10.8. The van der Waals surface area contributed by atoms with Gasteiger partial charge in [-0.15, -0.1) is 11.6 Å². The van der Waals surface area contributed by atoms with Gasteiger partial charge in [-0.25, -0.2) is 0 Å². The fourth-order valence-corrected chi connectivity index (χ4v) is 1.43. The van der Waals surface area contributed by atoms with Crippen molar-refractivity contribution in [2.45, 2.75) is 12.8 Å². The number of halogens is 1. The van der Waals surface area contributed by atoms with Crippen molar-refractivity contribution in [3.05, 3.63) is 30.1 Å². The van der Waals surface area contributed by atoms with Crippen LogP contribution in [0.3, 0.4) is 0 Å². The number of nitrogens with zero attached hydrogens (tertiary/aromatic N) is 2. The molecule has 2 nitrogen and oxygen atoms in total. The lowest BCUT2D eigenvalue weighted by Gasteiger charge is -2.15. The number of hydrogen-bond acceptors (Lipinski definition) is 2. The van der Waals surface area contributed by atoms with Gasteiger partial charge in [0.25, 0.3) is 0 Å². The number of hydrogen-bond donors (Lipinski definition) is 0. The molecule has 0 saturated carbocycles. The second kappa shape index (κ2) is 6.80. The van der Waals surface area contributed by atoms with E-state index in [0.717, 1.165) is 31.8 Å². The molecule has 0 N–H and O–H groups in total. The number of rotatable bonds is 6. The topological polar surface area (TPSA) is 16.1 Å². The first kappa shape index (κ1) is 11.5. The second-order valence-corrected chi connectivity index (χ2v) is 3.84. The summed E-state index contributed by atoms with van der Waals surface area (Å²) < 4.78 is 0. The summed E-state index contributed by atoms with van der Waals surface area (Å²) in [5, 5.41) is 0. The van der Waals surface area contributed by atoms with Gasteiger partial charge in [0.05, 0.1) is 0 Å². The average molecular weight is 213 g/mol. The molecule has 1 aromatic rings. The summed E-state index contributed by atoms with van der Waals surface area (Å²) in [6, 6.07) is 4.09. The molecular formula is C11H17ClN2. The predicted molar refractivity (Wildman–Crippen MR) is 60.8 cm³/mol. The van der Waals surface area contributed by atoms with Gasteiger partial charge in [0.15, 0.2) is 0 Å². The fraction of sp³-hybridized carbons (Fsp3) is 0.545. The highest BCUT2D eigenvalue weighted by molar-refractivity contribution is 6.17. The van der Waals surface area contributed by atoms with Crippen molar-refractivity contribution >= 4 is 11.6 Å². The van der Waals surface area contributed by atoms with Crippen LogP contribution in [0.25, 0.3) is 0 Å². The van der Waals surface area contributed by atoms with Gasteiger partial charge in [-0.1, -0.05) is 6.07 Å². The molecule has 0 fully saturated rings. The first-order valence-electron chi connectivity index (χ1n) is 4.96. The maximum atomic E-state index is 5.63. The maximum Gasteiger partial charge on any atom is 0.0300 e. The van der Waals surface area contributed by atoms with Crippen LogP contribution in [0, 0.1) is 0 Å². The molecule has 0 aromatic carbocycles. The molecule has 0 aliphatic rings. The molecule has 0 unspecified atom stereocenters. The van der Waals surface area contributed by atoms with Crippen LogP contribution in [-0.4, -0.2) is 35.9 Å². The molecule has 0 aliphatic carbocycles. The summed E-state index contributed by atoms with van der Waals surface area (Å²) in [6.45, 7) is 2.15. The van der Waals surface area contributed by atoms with E-state index in [2.05, 4.69) is 23.0 Å². The fourth-order valence-electron chi connectivity index (χ4n) is 1.31. The molecule has 78 valence electrons. The summed E-state index contributed by atoms with van der Waals surface area (Å²) in [5.41, 5.74) is 1.30. The summed E-state index contributed by atoms with van der Waals surface area (Å²) in [6.07, 6.45) is 5.85. The Morgan fingerprint density at radius 1 is 1.43 bits per heavy atom. The van der Waals surface area contributed by atoms with E-state index in [9.17, 15) is 0 Å². The van der Waals surface area contributed by atoms with E-state index in [-0.39, 0.29) is 0 Å². The van der Waals surface area contributed by atoms with Crippen LogP contribution < -0.4 is 0 Å². The minimum atomic E-state index is 0.747. The van der Waals surface area contributed by atoms with E-state index < -0.39 is 0 Å². The smallest absolute Gasteiger partial charge is 0.0300 e. The third-order valence-corrected chi connectivity index (χ3v) is 2.45. The second-order valence-electron chi connectivity index (χ2n) is 3.46. The Morgan fingerprint density at radius 3 is 2.93 bits per heavy atom. The molecule has 14 heavy (non-hydrogen) atoms. The van der Waals surface area contributed by atoms with Gasteiger partial charge >= 0.3 is 0 Å². The van der Waals surface area contributed by atoms with Crippen molar-refractivity contribution in [3.63, 3.8) is 0 Å². The Labute approximate surface area is 90.9 Å². The van der Waals surface area contributed by atoms with Gasteiger partial charge in [-0.2, -0.15) is 0 Å². The Kier molecular flexibility index (Phi) is 5.57. The summed E-state index contributed by atoms with van der Waals surface area (Å²) in [7, 11) is 2.13. The van der Waals surface area contributed by atoms with E-state index in [0.29, 0.717) is 0 Å². The van der Waals surface area contributed by atoms with Gasteiger partial charge in [0.2, 0.25) is 0 Å². The third-order valence-electron chi connectivity index (χ3n) is 2.18. The summed E-state index contributed by atoms with van der Waals surface area (Å²) >= 11 is 5.63. The molecular weight excluding hydrogens is 196 g/mol. The van der Waals surface area contributed by atoms with Crippen LogP contribution in [0.5, 0.6) is 0 Å². The van der Waals surface area contributed by atoms with Crippen LogP contribution in [0.4, 0.5) is 0 Å². The lowest BCUT2D eigenvalue weighted by Crippen LogP contribution is -2.22. The molecule has 0 bridgehead atoms. The highest BCUT2D eigenvalue weighted by Crippen LogP contribution is 1.99. The van der Waals surface area contributed by atoms with Gasteiger partial charge in [-0.05, 0) is 38.1 Å². The van der Waals surface area contributed by atoms with Crippen LogP contribution in [0.2, 0.25) is 0 Å². The monoisotopic (exact) mass is 212 g/mol. The van der Waals surface area contributed by atoms with Crippen LogP contribution >= 0.6 is 11.6 Å². The first-order chi connectivity index (χ1) is 6.83. The van der Waals surface area contributed by atoms with Crippen molar-refractivity contribution in [3.8, 4) is 0 Å². The Morgan fingerprint density at radius 2 is 2.29 bits per heavy atom. The largest absolute Gasteiger partial charge is 0.306 e. The van der Waals surface area contributed by atoms with Crippen molar-refractivity contribution in [1.82, 2.24) is 9.88 Å². The molecule has 1 aromatic heterocycles. The molecule has 0 atom stereocenters. The molecule has 3 heteroatoms. The Hall–Kier alpha value is -0.600. The lowest BCUT2D eigenvalue weighted by atomic mass is 10.2. The number of aromatic nitrogens is 1. The maximum absolute atomic E-state index is 5.63. The first-order valence-corrected chi connectivity index (χ1v) is 5.50. The van der Waals surface area contributed by atoms with Gasteiger partial charge < -0.3 is 4.90 Å². The summed E-state index contributed by atoms with van der Waals surface area (Å²) in [5.74, 6) is 0.747. The van der Waals surface area contributed by atoms with Crippen molar-refractivity contribution in [2.75, 3.05) is 26.0 Å². The Balaban J connectivity index is 2.20. The molecule has 0 saturated heterocycles. The zero-order valence-corrected chi connectivity index (χ0v) is 9.37. The number of likely N-dealkylation sites (N-methyl/N-ethyl adjacent to an activating group) is 1. The number of alkyl halides is 1. The lowest BCUT2D eigenvalue weighted by molar-refractivity contribution is 0.340. The minimum absolute atomic E-state index is 0.747. The molecule has 1 rings (SSSR count).